The van der Waals surface area contributed by atoms with Crippen molar-refractivity contribution in [1.29, 1.82) is 0 Å². The summed E-state index contributed by atoms with van der Waals surface area (Å²) in [6.07, 6.45) is 5.46. The van der Waals surface area contributed by atoms with Gasteiger partial charge in [-0.3, -0.25) is 4.90 Å². The first kappa shape index (κ1) is 18.4. The van der Waals surface area contributed by atoms with Crippen LogP contribution in [0.5, 0.6) is 17.2 Å². The Balaban J connectivity index is 1.42. The fraction of sp³-hybridized carbons (Fsp3) is 0.429. The van der Waals surface area contributed by atoms with E-state index in [1.165, 1.54) is 17.8 Å². The number of benzene rings is 1. The molecule has 0 N–H and O–H groups in total. The number of thiazole rings is 1. The summed E-state index contributed by atoms with van der Waals surface area (Å²) < 4.78 is 22.5. The Morgan fingerprint density at radius 2 is 2.21 bits per heavy atom. The first-order chi connectivity index (χ1) is 14.2. The van der Waals surface area contributed by atoms with Crippen molar-refractivity contribution in [3.05, 3.63) is 40.2 Å². The molecule has 3 aromatic rings. The van der Waals surface area contributed by atoms with Crippen LogP contribution in [0.4, 0.5) is 0 Å². The summed E-state index contributed by atoms with van der Waals surface area (Å²) in [4.78, 5) is 11.8. The summed E-state index contributed by atoms with van der Waals surface area (Å²) in [7, 11) is 1.61. The molecule has 0 spiro atoms. The van der Waals surface area contributed by atoms with Gasteiger partial charge >= 0.3 is 0 Å². The van der Waals surface area contributed by atoms with E-state index < -0.39 is 0 Å². The molecule has 0 aliphatic carbocycles. The summed E-state index contributed by atoms with van der Waals surface area (Å²) in [6, 6.07) is 4.12. The molecule has 0 radical (unpaired) electrons. The van der Waals surface area contributed by atoms with Crippen LogP contribution in [-0.4, -0.2) is 35.3 Å². The third-order valence-electron chi connectivity index (χ3n) is 5.50. The number of oxazole rings is 1. The van der Waals surface area contributed by atoms with Crippen LogP contribution in [0, 0.1) is 6.92 Å². The van der Waals surface area contributed by atoms with Gasteiger partial charge in [-0.1, -0.05) is 6.42 Å². The zero-order valence-corrected chi connectivity index (χ0v) is 17.3. The van der Waals surface area contributed by atoms with Gasteiger partial charge in [-0.2, -0.15) is 0 Å². The quantitative estimate of drug-likeness (QED) is 0.607. The van der Waals surface area contributed by atoms with Gasteiger partial charge in [-0.15, -0.1) is 11.3 Å². The Bertz CT molecular complexity index is 1000. The number of fused-ring (bicyclic) bond motifs is 1. The molecule has 0 saturated carbocycles. The van der Waals surface area contributed by atoms with Crippen LogP contribution in [0.2, 0.25) is 0 Å². The molecule has 2 aromatic heterocycles. The highest BCUT2D eigenvalue weighted by atomic mass is 32.1. The van der Waals surface area contributed by atoms with E-state index in [4.69, 9.17) is 23.6 Å². The second kappa shape index (κ2) is 7.68. The molecule has 0 bridgehead atoms. The van der Waals surface area contributed by atoms with Crippen molar-refractivity contribution in [3.8, 4) is 28.7 Å². The van der Waals surface area contributed by atoms with Gasteiger partial charge in [0.05, 0.1) is 18.8 Å². The van der Waals surface area contributed by atoms with Crippen LogP contribution in [0.3, 0.4) is 0 Å². The van der Waals surface area contributed by atoms with Crippen LogP contribution in [0.15, 0.2) is 28.1 Å². The van der Waals surface area contributed by atoms with Crippen molar-refractivity contribution < 1.29 is 18.6 Å². The molecular formula is C21H23N3O4S. The number of piperidine rings is 1. The summed E-state index contributed by atoms with van der Waals surface area (Å²) in [5.41, 5.74) is 1.77. The van der Waals surface area contributed by atoms with E-state index in [1.807, 2.05) is 25.3 Å². The third-order valence-corrected chi connectivity index (χ3v) is 6.38. The van der Waals surface area contributed by atoms with Crippen LogP contribution in [0.25, 0.3) is 11.5 Å². The topological polar surface area (TPSA) is 69.9 Å². The van der Waals surface area contributed by atoms with Crippen molar-refractivity contribution in [2.45, 2.75) is 38.8 Å². The van der Waals surface area contributed by atoms with E-state index in [-0.39, 0.29) is 6.79 Å². The van der Waals surface area contributed by atoms with Crippen LogP contribution in [0.1, 0.15) is 41.8 Å². The van der Waals surface area contributed by atoms with Crippen molar-refractivity contribution in [3.63, 3.8) is 0 Å². The lowest BCUT2D eigenvalue weighted by Crippen LogP contribution is -2.33. The van der Waals surface area contributed by atoms with E-state index in [0.29, 0.717) is 29.2 Å². The summed E-state index contributed by atoms with van der Waals surface area (Å²) >= 11 is 1.73. The Labute approximate surface area is 173 Å². The van der Waals surface area contributed by atoms with Crippen molar-refractivity contribution >= 4 is 11.3 Å². The van der Waals surface area contributed by atoms with Gasteiger partial charge in [-0.05, 0) is 38.4 Å². The Kier molecular flexibility index (Phi) is 4.89. The lowest BCUT2D eigenvalue weighted by atomic mass is 10.0. The number of nitrogens with zero attached hydrogens (tertiary/aromatic N) is 3. The number of methoxy groups -OCH3 is 1. The van der Waals surface area contributed by atoms with Crippen LogP contribution in [-0.2, 0) is 6.54 Å². The highest BCUT2D eigenvalue weighted by Gasteiger charge is 2.28. The molecule has 1 fully saturated rings. The summed E-state index contributed by atoms with van der Waals surface area (Å²) in [6.45, 7) is 3.96. The Morgan fingerprint density at radius 1 is 1.28 bits per heavy atom. The van der Waals surface area contributed by atoms with Gasteiger partial charge in [0.25, 0.3) is 0 Å². The fourth-order valence-corrected chi connectivity index (χ4v) is 4.81. The highest BCUT2D eigenvalue weighted by molar-refractivity contribution is 7.09. The second-order valence-corrected chi connectivity index (χ2v) is 8.21. The molecule has 0 amide bonds. The number of ether oxygens (including phenoxy) is 3. The number of hydrogen-bond donors (Lipinski definition) is 0. The van der Waals surface area contributed by atoms with Gasteiger partial charge in [0.1, 0.15) is 10.8 Å². The molecule has 0 unspecified atom stereocenters. The van der Waals surface area contributed by atoms with Crippen molar-refractivity contribution in [2.24, 2.45) is 0 Å². The van der Waals surface area contributed by atoms with E-state index in [0.717, 1.165) is 36.5 Å². The highest BCUT2D eigenvalue weighted by Crippen LogP contribution is 2.44. The van der Waals surface area contributed by atoms with Gasteiger partial charge in [0, 0.05) is 23.7 Å². The lowest BCUT2D eigenvalue weighted by molar-refractivity contribution is 0.138. The average Bonchev–Trinajstić information content (AvgIpc) is 3.49. The van der Waals surface area contributed by atoms with E-state index in [9.17, 15) is 0 Å². The third kappa shape index (κ3) is 3.47. The number of rotatable bonds is 5. The molecule has 5 rings (SSSR count). The van der Waals surface area contributed by atoms with E-state index in [2.05, 4.69) is 15.3 Å². The molecule has 2 aliphatic heterocycles. The number of likely N-dealkylation sites (tertiary alicyclic amines) is 1. The summed E-state index contributed by atoms with van der Waals surface area (Å²) in [5, 5.41) is 3.24. The number of aryl methyl sites for hydroxylation is 1. The van der Waals surface area contributed by atoms with Gasteiger partial charge < -0.3 is 18.6 Å². The fourth-order valence-electron chi connectivity index (χ4n) is 4.00. The minimum atomic E-state index is 0.193. The largest absolute Gasteiger partial charge is 0.493 e. The molecule has 1 atom stereocenters. The van der Waals surface area contributed by atoms with E-state index >= 15 is 0 Å². The molecule has 152 valence electrons. The maximum atomic E-state index is 6.02. The first-order valence-corrected chi connectivity index (χ1v) is 10.7. The lowest BCUT2D eigenvalue weighted by Gasteiger charge is -2.33. The second-order valence-electron chi connectivity index (χ2n) is 7.29. The Hall–Kier alpha value is -2.58. The van der Waals surface area contributed by atoms with Gasteiger partial charge in [-0.25, -0.2) is 9.97 Å². The SMILES string of the molecule is COc1cc(-c2nc(CN3CCCC[C@@H]3c3nccs3)c(C)o2)cc2c1OCO2. The molecule has 29 heavy (non-hydrogen) atoms. The molecular weight excluding hydrogens is 390 g/mol. The predicted octanol–water partition coefficient (Wildman–Crippen LogP) is 4.57. The van der Waals surface area contributed by atoms with Crippen LogP contribution >= 0.6 is 11.3 Å². The van der Waals surface area contributed by atoms with E-state index in [1.54, 1.807) is 18.4 Å². The van der Waals surface area contributed by atoms with Crippen molar-refractivity contribution in [1.82, 2.24) is 14.9 Å². The minimum Gasteiger partial charge on any atom is -0.493 e. The zero-order chi connectivity index (χ0) is 19.8. The molecule has 2 aliphatic rings. The molecule has 1 aromatic carbocycles. The average molecular weight is 413 g/mol. The number of aromatic nitrogens is 2. The van der Waals surface area contributed by atoms with Gasteiger partial charge in [0.15, 0.2) is 11.5 Å². The van der Waals surface area contributed by atoms with Crippen molar-refractivity contribution in [2.75, 3.05) is 20.4 Å². The van der Waals surface area contributed by atoms with Gasteiger partial charge in [0.2, 0.25) is 18.4 Å². The summed E-state index contributed by atoms with van der Waals surface area (Å²) in [5.74, 6) is 3.29. The standard InChI is InChI=1S/C21H23N3O4S/c1-13-15(11-24-7-4-3-5-16(24)21-22-6-8-29-21)23-20(28-13)14-9-17(25-2)19-18(10-14)26-12-27-19/h6,8-10,16H,3-5,7,11-12H2,1-2H3/t16-/m1/s1. The molecule has 7 nitrogen and oxygen atoms in total. The van der Waals surface area contributed by atoms with Crippen LogP contribution < -0.4 is 14.2 Å². The maximum absolute atomic E-state index is 6.02. The first-order valence-electron chi connectivity index (χ1n) is 9.80. The monoisotopic (exact) mass is 413 g/mol. The minimum absolute atomic E-state index is 0.193. The zero-order valence-electron chi connectivity index (χ0n) is 16.5. The molecule has 8 heteroatoms. The normalized spacial score (nSPS) is 18.9. The molecule has 1 saturated heterocycles. The predicted molar refractivity (Wildman–Crippen MR) is 108 cm³/mol. The molecule has 4 heterocycles. The smallest absolute Gasteiger partial charge is 0.231 e. The maximum Gasteiger partial charge on any atom is 0.231 e. The number of hydrogen-bond acceptors (Lipinski definition) is 8. The Morgan fingerprint density at radius 3 is 3.03 bits per heavy atom.